The molecule has 13 nitrogen and oxygen atoms in total. The molecule has 242 valence electrons. The van der Waals surface area contributed by atoms with Gasteiger partial charge >= 0.3 is 5.97 Å². The average molecular weight is 631 g/mol. The van der Waals surface area contributed by atoms with Gasteiger partial charge in [-0.05, 0) is 36.4 Å². The smallest absolute Gasteiger partial charge is 0.340 e. The van der Waals surface area contributed by atoms with Gasteiger partial charge in [-0.2, -0.15) is 0 Å². The topological polar surface area (TPSA) is 174 Å². The first-order chi connectivity index (χ1) is 22.3. The molecular formula is C33H38N6O7. The highest BCUT2D eigenvalue weighted by Gasteiger charge is 2.53. The second-order valence-electron chi connectivity index (χ2n) is 11.4. The van der Waals surface area contributed by atoms with Crippen molar-refractivity contribution < 1.29 is 34.1 Å². The van der Waals surface area contributed by atoms with Crippen molar-refractivity contribution in [2.45, 2.75) is 5.60 Å². The molecule has 0 unspecified atom stereocenters. The zero-order valence-electron chi connectivity index (χ0n) is 25.4. The number of hydrogen-bond donors (Lipinski definition) is 7. The van der Waals surface area contributed by atoms with Gasteiger partial charge in [0.1, 0.15) is 23.0 Å². The molecule has 0 bridgehead atoms. The predicted octanol–water partition coefficient (Wildman–Crippen LogP) is 0.596. The summed E-state index contributed by atoms with van der Waals surface area (Å²) in [5, 5.41) is 36.0. The summed E-state index contributed by atoms with van der Waals surface area (Å²) in [4.78, 5) is 41.1. The zero-order valence-corrected chi connectivity index (χ0v) is 25.4. The van der Waals surface area contributed by atoms with E-state index in [1.54, 1.807) is 24.3 Å². The molecule has 46 heavy (non-hydrogen) atoms. The summed E-state index contributed by atoms with van der Waals surface area (Å²) in [6.45, 7) is 7.37. The minimum Gasteiger partial charge on any atom is -0.508 e. The molecule has 1 spiro atoms. The predicted molar refractivity (Wildman–Crippen MR) is 168 cm³/mol. The molecule has 1 fully saturated rings. The van der Waals surface area contributed by atoms with Crippen LogP contribution in [0.4, 0.5) is 0 Å². The third kappa shape index (κ3) is 6.49. The number of phenols is 2. The van der Waals surface area contributed by atoms with Crippen LogP contribution in [0, 0.1) is 0 Å². The molecular weight excluding hydrogens is 592 g/mol. The second-order valence-corrected chi connectivity index (χ2v) is 11.4. The molecule has 3 aromatic carbocycles. The van der Waals surface area contributed by atoms with Crippen molar-refractivity contribution in [3.63, 3.8) is 0 Å². The monoisotopic (exact) mass is 630 g/mol. The molecule has 7 N–H and O–H groups in total. The third-order valence-electron chi connectivity index (χ3n) is 8.30. The molecule has 0 saturated carbocycles. The van der Waals surface area contributed by atoms with Crippen LogP contribution in [0.2, 0.25) is 0 Å². The molecule has 0 radical (unpaired) electrons. The van der Waals surface area contributed by atoms with Crippen LogP contribution in [0.15, 0.2) is 54.6 Å². The Morgan fingerprint density at radius 3 is 1.96 bits per heavy atom. The number of carbonyl (C=O) groups excluding carboxylic acids is 3. The molecule has 3 aromatic rings. The lowest BCUT2D eigenvalue weighted by atomic mass is 9.77. The van der Waals surface area contributed by atoms with Crippen molar-refractivity contribution in [1.82, 2.24) is 31.5 Å². The van der Waals surface area contributed by atoms with Crippen LogP contribution >= 0.6 is 0 Å². The van der Waals surface area contributed by atoms with Gasteiger partial charge in [0.15, 0.2) is 5.60 Å². The number of benzene rings is 3. The van der Waals surface area contributed by atoms with E-state index in [0.717, 1.165) is 52.4 Å². The summed E-state index contributed by atoms with van der Waals surface area (Å²) >= 11 is 0. The Morgan fingerprint density at radius 2 is 1.33 bits per heavy atom. The minimum absolute atomic E-state index is 0.0355. The third-order valence-corrected chi connectivity index (χ3v) is 8.30. The van der Waals surface area contributed by atoms with Crippen LogP contribution in [0.5, 0.6) is 23.0 Å². The van der Waals surface area contributed by atoms with Crippen LogP contribution in [0.1, 0.15) is 37.4 Å². The molecule has 0 aromatic heterocycles. The Bertz CT molecular complexity index is 1570. The first kappa shape index (κ1) is 31.3. The molecule has 1 saturated heterocycles. The van der Waals surface area contributed by atoms with Gasteiger partial charge in [-0.15, -0.1) is 0 Å². The van der Waals surface area contributed by atoms with Crippen LogP contribution in [-0.2, 0) is 15.1 Å². The number of rotatable bonds is 6. The van der Waals surface area contributed by atoms with Crippen molar-refractivity contribution in [2.24, 2.45) is 0 Å². The summed E-state index contributed by atoms with van der Waals surface area (Å²) in [5.74, 6) is -0.664. The van der Waals surface area contributed by atoms with E-state index < -0.39 is 17.5 Å². The SMILES string of the molecule is O=C(CN1CCNCCNCCNCC1)NCCNC(=O)c1ccc2c(c1)C(=O)OC21c2ccc(O)cc2Oc2cc(O)ccc21. The highest BCUT2D eigenvalue weighted by atomic mass is 16.6. The fourth-order valence-corrected chi connectivity index (χ4v) is 6.06. The van der Waals surface area contributed by atoms with E-state index >= 15 is 0 Å². The molecule has 13 heteroatoms. The number of nitrogens with zero attached hydrogens (tertiary/aromatic N) is 1. The lowest BCUT2D eigenvalue weighted by Gasteiger charge is -2.36. The van der Waals surface area contributed by atoms with Gasteiger partial charge in [-0.1, -0.05) is 6.07 Å². The molecule has 0 atom stereocenters. The average Bonchev–Trinajstić information content (AvgIpc) is 3.31. The standard InChI is InChI=1S/C33H38N6O7/c40-22-2-5-26-28(18-22)45-29-19-23(41)3-6-27(29)33(26)25-4-1-21(17-24(25)32(44)46-33)31(43)38-12-11-37-30(42)20-39-15-13-35-9-7-34-8-10-36-14-16-39/h1-6,17-19,34-36,40-41H,7-16,20H2,(H,37,42)(H,38,43). The molecule has 2 amide bonds. The number of phenolic OH excluding ortho intramolecular Hbond substituents is 2. The Labute approximate surface area is 266 Å². The Hall–Kier alpha value is -4.69. The van der Waals surface area contributed by atoms with E-state index in [1.165, 1.54) is 30.3 Å². The van der Waals surface area contributed by atoms with Gasteiger partial charge in [0, 0.05) is 99.8 Å². The van der Waals surface area contributed by atoms with E-state index in [0.29, 0.717) is 16.7 Å². The molecule has 3 heterocycles. The number of fused-ring (bicyclic) bond motifs is 6. The molecule has 0 aliphatic carbocycles. The van der Waals surface area contributed by atoms with Crippen LogP contribution in [0.25, 0.3) is 0 Å². The minimum atomic E-state index is -1.40. The lowest BCUT2D eigenvalue weighted by molar-refractivity contribution is -0.122. The number of ether oxygens (including phenoxy) is 2. The number of aromatic hydroxyl groups is 2. The fraction of sp³-hybridized carbons (Fsp3) is 0.364. The van der Waals surface area contributed by atoms with E-state index in [4.69, 9.17) is 9.47 Å². The van der Waals surface area contributed by atoms with Gasteiger partial charge in [0.25, 0.3) is 5.91 Å². The Kier molecular flexibility index (Phi) is 9.35. The van der Waals surface area contributed by atoms with Crippen molar-refractivity contribution in [1.29, 1.82) is 0 Å². The van der Waals surface area contributed by atoms with Crippen molar-refractivity contribution in [2.75, 3.05) is 72.0 Å². The molecule has 6 rings (SSSR count). The number of nitrogens with one attached hydrogen (secondary N) is 5. The number of amides is 2. The lowest BCUT2D eigenvalue weighted by Crippen LogP contribution is -2.46. The maximum Gasteiger partial charge on any atom is 0.340 e. The second kappa shape index (κ2) is 13.7. The molecule has 3 aliphatic rings. The van der Waals surface area contributed by atoms with Crippen LogP contribution in [0.3, 0.4) is 0 Å². The van der Waals surface area contributed by atoms with Gasteiger partial charge in [0.05, 0.1) is 12.1 Å². The van der Waals surface area contributed by atoms with Crippen molar-refractivity contribution >= 4 is 17.8 Å². The Morgan fingerprint density at radius 1 is 0.761 bits per heavy atom. The zero-order chi connectivity index (χ0) is 32.1. The summed E-state index contributed by atoms with van der Waals surface area (Å²) in [6, 6.07) is 13.8. The van der Waals surface area contributed by atoms with Gasteiger partial charge < -0.3 is 46.3 Å². The van der Waals surface area contributed by atoms with E-state index in [1.807, 2.05) is 0 Å². The van der Waals surface area contributed by atoms with Gasteiger partial charge in [-0.25, -0.2) is 4.79 Å². The Balaban J connectivity index is 1.09. The van der Waals surface area contributed by atoms with Crippen LogP contribution in [-0.4, -0.2) is 105 Å². The first-order valence-corrected chi connectivity index (χ1v) is 15.5. The summed E-state index contributed by atoms with van der Waals surface area (Å²) < 4.78 is 12.0. The van der Waals surface area contributed by atoms with E-state index in [9.17, 15) is 24.6 Å². The normalized spacial score (nSPS) is 17.7. The van der Waals surface area contributed by atoms with Gasteiger partial charge in [-0.3, -0.25) is 14.5 Å². The number of carbonyl (C=O) groups is 3. The van der Waals surface area contributed by atoms with Gasteiger partial charge in [0.2, 0.25) is 5.91 Å². The number of hydrogen-bond acceptors (Lipinski definition) is 11. The fourth-order valence-electron chi connectivity index (χ4n) is 6.06. The van der Waals surface area contributed by atoms with Crippen LogP contribution < -0.4 is 31.3 Å². The van der Waals surface area contributed by atoms with E-state index in [-0.39, 0.29) is 59.7 Å². The maximum absolute atomic E-state index is 13.3. The summed E-state index contributed by atoms with van der Waals surface area (Å²) in [7, 11) is 0. The van der Waals surface area contributed by atoms with Crippen molar-refractivity contribution in [3.8, 4) is 23.0 Å². The maximum atomic E-state index is 13.3. The van der Waals surface area contributed by atoms with E-state index in [2.05, 4.69) is 31.5 Å². The highest BCUT2D eigenvalue weighted by Crippen LogP contribution is 2.57. The highest BCUT2D eigenvalue weighted by molar-refractivity contribution is 6.01. The first-order valence-electron chi connectivity index (χ1n) is 15.5. The molecule has 3 aliphatic heterocycles. The number of esters is 1. The van der Waals surface area contributed by atoms with Crippen molar-refractivity contribution in [3.05, 3.63) is 82.4 Å². The summed E-state index contributed by atoms with van der Waals surface area (Å²) in [5.41, 5.74) is 0.585. The summed E-state index contributed by atoms with van der Waals surface area (Å²) in [6.07, 6.45) is 0. The largest absolute Gasteiger partial charge is 0.508 e. The quantitative estimate of drug-likeness (QED) is 0.150.